The highest BCUT2D eigenvalue weighted by atomic mass is 35.5. The number of benzene rings is 2. The van der Waals surface area contributed by atoms with Crippen LogP contribution in [0.1, 0.15) is 39.9 Å². The van der Waals surface area contributed by atoms with Gasteiger partial charge in [0.15, 0.2) is 5.76 Å². The van der Waals surface area contributed by atoms with Crippen LogP contribution in [0.25, 0.3) is 11.3 Å². The number of rotatable bonds is 5. The summed E-state index contributed by atoms with van der Waals surface area (Å²) in [4.78, 5) is 42.2. The SMILES string of the molecule is Cc1ccc(-c2cnc(NCc3ccc4c(c3)CN(C3CCC(=O)NC3=O)C4=O)o2)cc1Cl. The van der Waals surface area contributed by atoms with Gasteiger partial charge in [-0.05, 0) is 42.2 Å². The number of nitrogens with one attached hydrogen (secondary N) is 2. The Bertz CT molecular complexity index is 1290. The molecule has 168 valence electrons. The van der Waals surface area contributed by atoms with E-state index >= 15 is 0 Å². The van der Waals surface area contributed by atoms with Crippen molar-refractivity contribution in [1.29, 1.82) is 0 Å². The van der Waals surface area contributed by atoms with Gasteiger partial charge in [-0.2, -0.15) is 0 Å². The van der Waals surface area contributed by atoms with Gasteiger partial charge in [-0.15, -0.1) is 0 Å². The molecule has 0 aliphatic carbocycles. The Hall–Kier alpha value is -3.65. The number of carbonyl (C=O) groups is 3. The molecule has 33 heavy (non-hydrogen) atoms. The first kappa shape index (κ1) is 21.2. The van der Waals surface area contributed by atoms with Crippen molar-refractivity contribution in [2.24, 2.45) is 0 Å². The number of oxazole rings is 1. The number of hydrogen-bond acceptors (Lipinski definition) is 6. The van der Waals surface area contributed by atoms with Gasteiger partial charge < -0.3 is 14.6 Å². The van der Waals surface area contributed by atoms with Gasteiger partial charge >= 0.3 is 0 Å². The molecule has 1 aromatic heterocycles. The van der Waals surface area contributed by atoms with Crippen LogP contribution in [0.4, 0.5) is 6.01 Å². The first-order valence-electron chi connectivity index (χ1n) is 10.6. The van der Waals surface area contributed by atoms with E-state index in [1.807, 2.05) is 37.3 Å². The van der Waals surface area contributed by atoms with Gasteiger partial charge in [-0.1, -0.05) is 35.9 Å². The van der Waals surface area contributed by atoms with Crippen LogP contribution in [0.15, 0.2) is 47.0 Å². The molecular weight excluding hydrogens is 444 g/mol. The summed E-state index contributed by atoms with van der Waals surface area (Å²) < 4.78 is 5.80. The smallest absolute Gasteiger partial charge is 0.295 e. The number of carbonyl (C=O) groups excluding carboxylic acids is 3. The molecule has 3 heterocycles. The normalized spacial score (nSPS) is 17.8. The number of aromatic nitrogens is 1. The highest BCUT2D eigenvalue weighted by Crippen LogP contribution is 2.29. The summed E-state index contributed by atoms with van der Waals surface area (Å²) in [6.45, 7) is 2.73. The molecule has 1 saturated heterocycles. The number of imide groups is 1. The van der Waals surface area contributed by atoms with Crippen LogP contribution in [-0.4, -0.2) is 33.6 Å². The molecule has 1 atom stereocenters. The Morgan fingerprint density at radius 1 is 1.21 bits per heavy atom. The summed E-state index contributed by atoms with van der Waals surface area (Å²) in [5, 5.41) is 6.14. The summed E-state index contributed by atoms with van der Waals surface area (Å²) in [5.74, 6) is -0.287. The monoisotopic (exact) mass is 464 g/mol. The van der Waals surface area contributed by atoms with Crippen molar-refractivity contribution in [3.63, 3.8) is 0 Å². The fraction of sp³-hybridized carbons (Fsp3) is 0.250. The minimum atomic E-state index is -0.620. The lowest BCUT2D eigenvalue weighted by Gasteiger charge is -2.29. The molecule has 0 spiro atoms. The molecule has 1 fully saturated rings. The van der Waals surface area contributed by atoms with E-state index in [0.717, 1.165) is 22.3 Å². The van der Waals surface area contributed by atoms with Gasteiger partial charge in [0.2, 0.25) is 11.8 Å². The van der Waals surface area contributed by atoms with Crippen molar-refractivity contribution < 1.29 is 18.8 Å². The predicted octanol–water partition coefficient (Wildman–Crippen LogP) is 3.68. The number of aryl methyl sites for hydroxylation is 1. The summed E-state index contributed by atoms with van der Waals surface area (Å²) in [6.07, 6.45) is 2.22. The van der Waals surface area contributed by atoms with Crippen molar-refractivity contribution in [2.45, 2.75) is 38.9 Å². The van der Waals surface area contributed by atoms with Gasteiger partial charge in [0.05, 0.1) is 6.20 Å². The van der Waals surface area contributed by atoms with E-state index < -0.39 is 11.9 Å². The molecule has 3 aromatic rings. The fourth-order valence-corrected chi connectivity index (χ4v) is 4.33. The number of halogens is 1. The molecule has 9 heteroatoms. The van der Waals surface area contributed by atoms with Crippen molar-refractivity contribution in [1.82, 2.24) is 15.2 Å². The van der Waals surface area contributed by atoms with E-state index in [0.29, 0.717) is 41.9 Å². The maximum atomic E-state index is 12.8. The number of fused-ring (bicyclic) bond motifs is 1. The standard InChI is InChI=1S/C24H21ClN4O4/c1-13-2-4-15(9-18(13)25)20-11-27-24(33-20)26-10-14-3-5-17-16(8-14)12-29(23(17)32)19-6-7-21(30)28-22(19)31/h2-5,8-9,11,19H,6-7,10,12H2,1H3,(H,26,27)(H,28,30,31). The van der Waals surface area contributed by atoms with E-state index in [9.17, 15) is 14.4 Å². The van der Waals surface area contributed by atoms with E-state index in [1.54, 1.807) is 12.3 Å². The third-order valence-corrected chi connectivity index (χ3v) is 6.40. The summed E-state index contributed by atoms with van der Waals surface area (Å²) in [6, 6.07) is 11.0. The van der Waals surface area contributed by atoms with Crippen molar-refractivity contribution in [3.05, 3.63) is 69.9 Å². The number of nitrogens with zero attached hydrogens (tertiary/aromatic N) is 2. The molecule has 2 aromatic carbocycles. The van der Waals surface area contributed by atoms with Gasteiger partial charge in [0, 0.05) is 35.7 Å². The second-order valence-electron chi connectivity index (χ2n) is 8.24. The maximum absolute atomic E-state index is 12.8. The zero-order valence-electron chi connectivity index (χ0n) is 17.9. The van der Waals surface area contributed by atoms with E-state index in [1.165, 1.54) is 4.90 Å². The van der Waals surface area contributed by atoms with Crippen LogP contribution in [0, 0.1) is 6.92 Å². The molecule has 0 radical (unpaired) electrons. The third-order valence-electron chi connectivity index (χ3n) is 5.99. The second kappa shape index (κ2) is 8.37. The highest BCUT2D eigenvalue weighted by Gasteiger charge is 2.39. The molecule has 0 saturated carbocycles. The minimum absolute atomic E-state index is 0.187. The molecular formula is C24H21ClN4O4. The largest absolute Gasteiger partial charge is 0.424 e. The first-order valence-corrected chi connectivity index (χ1v) is 11.0. The lowest BCUT2D eigenvalue weighted by atomic mass is 10.0. The Morgan fingerprint density at radius 3 is 2.85 bits per heavy atom. The van der Waals surface area contributed by atoms with Crippen LogP contribution in [0.5, 0.6) is 0 Å². The summed E-state index contributed by atoms with van der Waals surface area (Å²) in [5.41, 5.74) is 4.22. The van der Waals surface area contributed by atoms with Crippen molar-refractivity contribution >= 4 is 35.3 Å². The van der Waals surface area contributed by atoms with Crippen LogP contribution in [-0.2, 0) is 22.7 Å². The topological polar surface area (TPSA) is 105 Å². The zero-order valence-corrected chi connectivity index (χ0v) is 18.6. The summed E-state index contributed by atoms with van der Waals surface area (Å²) in [7, 11) is 0. The molecule has 0 bridgehead atoms. The number of amides is 3. The molecule has 2 N–H and O–H groups in total. The van der Waals surface area contributed by atoms with Gasteiger partial charge in [-0.3, -0.25) is 19.7 Å². The van der Waals surface area contributed by atoms with Crippen LogP contribution >= 0.6 is 11.6 Å². The average Bonchev–Trinajstić information content (AvgIpc) is 3.39. The Kier molecular flexibility index (Phi) is 5.38. The van der Waals surface area contributed by atoms with E-state index in [4.69, 9.17) is 16.0 Å². The molecule has 3 amide bonds. The van der Waals surface area contributed by atoms with E-state index in [-0.39, 0.29) is 18.2 Å². The average molecular weight is 465 g/mol. The lowest BCUT2D eigenvalue weighted by molar-refractivity contribution is -0.136. The Morgan fingerprint density at radius 2 is 2.06 bits per heavy atom. The number of hydrogen-bond donors (Lipinski definition) is 2. The van der Waals surface area contributed by atoms with Gasteiger partial charge in [-0.25, -0.2) is 4.98 Å². The zero-order chi connectivity index (χ0) is 23.1. The molecule has 2 aliphatic rings. The van der Waals surface area contributed by atoms with Crippen LogP contribution in [0.3, 0.4) is 0 Å². The molecule has 5 rings (SSSR count). The lowest BCUT2D eigenvalue weighted by Crippen LogP contribution is -2.52. The fourth-order valence-electron chi connectivity index (χ4n) is 4.15. The number of anilines is 1. The van der Waals surface area contributed by atoms with Crippen LogP contribution in [0.2, 0.25) is 5.02 Å². The molecule has 2 aliphatic heterocycles. The Labute approximate surface area is 194 Å². The van der Waals surface area contributed by atoms with Crippen molar-refractivity contribution in [3.8, 4) is 11.3 Å². The number of piperidine rings is 1. The van der Waals surface area contributed by atoms with E-state index in [2.05, 4.69) is 15.6 Å². The highest BCUT2D eigenvalue weighted by molar-refractivity contribution is 6.31. The Balaban J connectivity index is 1.26. The second-order valence-corrected chi connectivity index (χ2v) is 8.65. The van der Waals surface area contributed by atoms with Crippen molar-refractivity contribution in [2.75, 3.05) is 5.32 Å². The van der Waals surface area contributed by atoms with Crippen LogP contribution < -0.4 is 10.6 Å². The van der Waals surface area contributed by atoms with Gasteiger partial charge in [0.1, 0.15) is 6.04 Å². The predicted molar refractivity (Wildman–Crippen MR) is 121 cm³/mol. The quantitative estimate of drug-likeness (QED) is 0.558. The first-order chi connectivity index (χ1) is 15.9. The molecule has 1 unspecified atom stereocenters. The van der Waals surface area contributed by atoms with Gasteiger partial charge in [0.25, 0.3) is 11.9 Å². The molecule has 8 nitrogen and oxygen atoms in total. The minimum Gasteiger partial charge on any atom is -0.424 e. The third kappa shape index (κ3) is 4.09. The maximum Gasteiger partial charge on any atom is 0.295 e. The summed E-state index contributed by atoms with van der Waals surface area (Å²) >= 11 is 6.20.